The van der Waals surface area contributed by atoms with Crippen LogP contribution in [0.25, 0.3) is 0 Å². The van der Waals surface area contributed by atoms with E-state index >= 15 is 0 Å². The summed E-state index contributed by atoms with van der Waals surface area (Å²) in [5.41, 5.74) is -0.439. The Morgan fingerprint density at radius 3 is 2.59 bits per heavy atom. The summed E-state index contributed by atoms with van der Waals surface area (Å²) in [6.07, 6.45) is 5.68. The summed E-state index contributed by atoms with van der Waals surface area (Å²) >= 11 is 0. The molecule has 1 amide bonds. The molecule has 2 aliphatic rings. The molecule has 2 rings (SSSR count). The normalized spacial score (nSPS) is 20.1. The molecule has 1 atom stereocenters. The second kappa shape index (κ2) is 12.8. The van der Waals surface area contributed by atoms with Crippen molar-refractivity contribution in [3.63, 3.8) is 0 Å². The Morgan fingerprint density at radius 1 is 1.24 bits per heavy atom. The molecule has 0 aromatic rings. The highest BCUT2D eigenvalue weighted by Gasteiger charge is 2.27. The van der Waals surface area contributed by atoms with Gasteiger partial charge in [0.2, 0.25) is 0 Å². The third-order valence-corrected chi connectivity index (χ3v) is 5.20. The fraction of sp³-hybridized carbons (Fsp3) is 0.905. The fourth-order valence-corrected chi connectivity index (χ4v) is 3.41. The number of rotatable bonds is 8. The van der Waals surface area contributed by atoms with E-state index in [1.807, 2.05) is 39.8 Å². The van der Waals surface area contributed by atoms with Crippen LogP contribution in [0.2, 0.25) is 0 Å². The molecule has 2 fully saturated rings. The predicted octanol–water partition coefficient (Wildman–Crippen LogP) is 3.58. The van der Waals surface area contributed by atoms with Gasteiger partial charge >= 0.3 is 6.09 Å². The molecule has 7 nitrogen and oxygen atoms in total. The van der Waals surface area contributed by atoms with Gasteiger partial charge in [-0.25, -0.2) is 4.79 Å². The van der Waals surface area contributed by atoms with E-state index in [0.29, 0.717) is 5.92 Å². The number of hydrogen-bond donors (Lipinski definition) is 1. The zero-order valence-electron chi connectivity index (χ0n) is 18.9. The number of piperidine rings is 1. The first kappa shape index (κ1) is 26.3. The smallest absolute Gasteiger partial charge is 0.410 e. The number of hydrogen-bond acceptors (Lipinski definition) is 4. The Kier molecular flexibility index (Phi) is 11.6. The average molecular weight is 524 g/mol. The van der Waals surface area contributed by atoms with E-state index in [1.165, 1.54) is 12.8 Å². The lowest BCUT2D eigenvalue weighted by Crippen LogP contribution is -2.44. The highest BCUT2D eigenvalue weighted by molar-refractivity contribution is 14.0. The van der Waals surface area contributed by atoms with Crippen molar-refractivity contribution < 1.29 is 14.3 Å². The van der Waals surface area contributed by atoms with Crippen LogP contribution in [0.3, 0.4) is 0 Å². The first-order valence-corrected chi connectivity index (χ1v) is 10.8. The van der Waals surface area contributed by atoms with Gasteiger partial charge in [0, 0.05) is 46.9 Å². The van der Waals surface area contributed by atoms with Crippen molar-refractivity contribution in [1.82, 2.24) is 15.1 Å². The molecule has 0 spiro atoms. The number of ether oxygens (including phenoxy) is 2. The maximum atomic E-state index is 12.3. The third-order valence-electron chi connectivity index (χ3n) is 5.20. The van der Waals surface area contributed by atoms with Gasteiger partial charge in [0.25, 0.3) is 0 Å². The van der Waals surface area contributed by atoms with Crippen LogP contribution in [0.15, 0.2) is 4.99 Å². The molecule has 0 aromatic heterocycles. The first-order chi connectivity index (χ1) is 13.3. The van der Waals surface area contributed by atoms with Crippen molar-refractivity contribution in [2.75, 3.05) is 53.5 Å². The van der Waals surface area contributed by atoms with Crippen LogP contribution in [-0.4, -0.2) is 80.9 Å². The number of halogens is 1. The Bertz CT molecular complexity index is 521. The topological polar surface area (TPSA) is 66.4 Å². The van der Waals surface area contributed by atoms with Crippen molar-refractivity contribution >= 4 is 36.0 Å². The van der Waals surface area contributed by atoms with E-state index < -0.39 is 5.60 Å². The number of carbonyl (C=O) groups excluding carboxylic acids is 1. The van der Waals surface area contributed by atoms with Crippen molar-refractivity contribution in [3.8, 4) is 0 Å². The number of nitrogens with zero attached hydrogens (tertiary/aromatic N) is 3. The van der Waals surface area contributed by atoms with E-state index in [2.05, 4.69) is 15.2 Å². The highest BCUT2D eigenvalue weighted by atomic mass is 127. The van der Waals surface area contributed by atoms with Gasteiger partial charge in [0.15, 0.2) is 5.96 Å². The van der Waals surface area contributed by atoms with Crippen molar-refractivity contribution in [3.05, 3.63) is 0 Å². The van der Waals surface area contributed by atoms with E-state index in [9.17, 15) is 4.79 Å². The summed E-state index contributed by atoms with van der Waals surface area (Å²) < 4.78 is 11.2. The van der Waals surface area contributed by atoms with Crippen LogP contribution in [0.4, 0.5) is 4.79 Å². The lowest BCUT2D eigenvalue weighted by atomic mass is 9.95. The molecule has 0 bridgehead atoms. The maximum Gasteiger partial charge on any atom is 0.410 e. The van der Waals surface area contributed by atoms with Gasteiger partial charge in [-0.3, -0.25) is 4.99 Å². The lowest BCUT2D eigenvalue weighted by Gasteiger charge is -2.34. The molecule has 1 saturated heterocycles. The number of carbonyl (C=O) groups is 1. The summed E-state index contributed by atoms with van der Waals surface area (Å²) in [4.78, 5) is 20.6. The Morgan fingerprint density at radius 2 is 1.97 bits per heavy atom. The van der Waals surface area contributed by atoms with Crippen LogP contribution >= 0.6 is 24.0 Å². The molecule has 29 heavy (non-hydrogen) atoms. The van der Waals surface area contributed by atoms with E-state index in [4.69, 9.17) is 9.47 Å². The molecule has 1 saturated carbocycles. The second-order valence-electron chi connectivity index (χ2n) is 9.14. The standard InChI is InChI=1S/C21H40N4O3.HI/c1-21(2,3)28-20(26)25-12-6-7-17(15-25)10-11-23-19(22-4)24(5)13-14-27-16-18-8-9-18;/h17-18H,6-16H2,1-5H3,(H,22,23);1H. The molecule has 1 heterocycles. The van der Waals surface area contributed by atoms with Crippen LogP contribution < -0.4 is 5.32 Å². The lowest BCUT2D eigenvalue weighted by molar-refractivity contribution is 0.0162. The summed E-state index contributed by atoms with van der Waals surface area (Å²) in [5.74, 6) is 2.20. The van der Waals surface area contributed by atoms with Crippen LogP contribution in [0, 0.1) is 11.8 Å². The molecule has 1 aliphatic carbocycles. The summed E-state index contributed by atoms with van der Waals surface area (Å²) in [5, 5.41) is 3.45. The van der Waals surface area contributed by atoms with E-state index in [1.54, 1.807) is 0 Å². The minimum atomic E-state index is -0.439. The number of likely N-dealkylation sites (N-methyl/N-ethyl adjacent to an activating group) is 1. The Balaban J connectivity index is 0.00000420. The van der Waals surface area contributed by atoms with Gasteiger partial charge in [-0.2, -0.15) is 0 Å². The first-order valence-electron chi connectivity index (χ1n) is 10.8. The van der Waals surface area contributed by atoms with E-state index in [0.717, 1.165) is 70.5 Å². The Hall–Kier alpha value is -0.770. The maximum absolute atomic E-state index is 12.3. The van der Waals surface area contributed by atoms with Gasteiger partial charge in [-0.05, 0) is 64.7 Å². The molecule has 1 aliphatic heterocycles. The van der Waals surface area contributed by atoms with Crippen LogP contribution in [0.1, 0.15) is 52.9 Å². The van der Waals surface area contributed by atoms with Gasteiger partial charge in [0.1, 0.15) is 5.60 Å². The molecular weight excluding hydrogens is 483 g/mol. The molecule has 1 unspecified atom stereocenters. The predicted molar refractivity (Wildman–Crippen MR) is 128 cm³/mol. The number of nitrogens with one attached hydrogen (secondary N) is 1. The summed E-state index contributed by atoms with van der Waals surface area (Å²) in [7, 11) is 3.86. The average Bonchev–Trinajstić information content (AvgIpc) is 3.45. The molecule has 170 valence electrons. The minimum absolute atomic E-state index is 0. The minimum Gasteiger partial charge on any atom is -0.444 e. The number of amides is 1. The van der Waals surface area contributed by atoms with Crippen LogP contribution in [0.5, 0.6) is 0 Å². The van der Waals surface area contributed by atoms with Crippen molar-refractivity contribution in [2.45, 2.75) is 58.5 Å². The van der Waals surface area contributed by atoms with E-state index in [-0.39, 0.29) is 30.1 Å². The van der Waals surface area contributed by atoms with Gasteiger partial charge in [-0.15, -0.1) is 24.0 Å². The fourth-order valence-electron chi connectivity index (χ4n) is 3.41. The summed E-state index contributed by atoms with van der Waals surface area (Å²) in [6, 6.07) is 0. The van der Waals surface area contributed by atoms with Crippen LogP contribution in [-0.2, 0) is 9.47 Å². The largest absolute Gasteiger partial charge is 0.444 e. The Labute approximate surface area is 194 Å². The molecule has 8 heteroatoms. The number of guanidine groups is 1. The van der Waals surface area contributed by atoms with Gasteiger partial charge in [0.05, 0.1) is 6.61 Å². The zero-order valence-corrected chi connectivity index (χ0v) is 21.2. The molecule has 0 aromatic carbocycles. The molecule has 0 radical (unpaired) electrons. The molecule has 1 N–H and O–H groups in total. The van der Waals surface area contributed by atoms with Gasteiger partial charge in [-0.1, -0.05) is 0 Å². The third kappa shape index (κ3) is 10.7. The van der Waals surface area contributed by atoms with Gasteiger partial charge < -0.3 is 24.6 Å². The van der Waals surface area contributed by atoms with Crippen molar-refractivity contribution in [1.29, 1.82) is 0 Å². The summed E-state index contributed by atoms with van der Waals surface area (Å²) in [6.45, 7) is 10.6. The van der Waals surface area contributed by atoms with Crippen molar-refractivity contribution in [2.24, 2.45) is 16.8 Å². The highest BCUT2D eigenvalue weighted by Crippen LogP contribution is 2.28. The zero-order chi connectivity index (χ0) is 20.6. The monoisotopic (exact) mass is 524 g/mol. The molecular formula is C21H41IN4O3. The second-order valence-corrected chi connectivity index (χ2v) is 9.14. The quantitative estimate of drug-likeness (QED) is 0.228. The number of likely N-dealkylation sites (tertiary alicyclic amines) is 1. The number of aliphatic imine (C=N–C) groups is 1. The SMILES string of the molecule is CN=C(NCCC1CCCN(C(=O)OC(C)(C)C)C1)N(C)CCOCC1CC1.I.